The van der Waals surface area contributed by atoms with Crippen LogP contribution in [0.25, 0.3) is 0 Å². The molecule has 0 unspecified atom stereocenters. The minimum absolute atomic E-state index is 0.115. The van der Waals surface area contributed by atoms with E-state index in [0.29, 0.717) is 18.1 Å². The van der Waals surface area contributed by atoms with Crippen molar-refractivity contribution in [3.8, 4) is 11.5 Å². The fourth-order valence-electron chi connectivity index (χ4n) is 1.56. The fraction of sp³-hybridized carbons (Fsp3) is 0.357. The van der Waals surface area contributed by atoms with E-state index in [1.807, 2.05) is 19.9 Å². The van der Waals surface area contributed by atoms with Crippen LogP contribution in [-0.2, 0) is 0 Å². The third-order valence-electron chi connectivity index (χ3n) is 2.42. The molecule has 0 amide bonds. The van der Waals surface area contributed by atoms with Gasteiger partial charge in [0.2, 0.25) is 0 Å². The van der Waals surface area contributed by atoms with E-state index in [2.05, 4.69) is 0 Å². The number of carbonyl (C=O) groups is 1. The average molecular weight is 250 g/mol. The van der Waals surface area contributed by atoms with E-state index in [1.165, 1.54) is 13.2 Å². The van der Waals surface area contributed by atoms with Gasteiger partial charge in [-0.15, -0.1) is 0 Å². The topological polar surface area (TPSA) is 55.8 Å². The number of carboxylic acid groups (broad SMARTS) is 1. The predicted molar refractivity (Wildman–Crippen MR) is 69.6 cm³/mol. The van der Waals surface area contributed by atoms with Crippen LogP contribution in [0.3, 0.4) is 0 Å². The average Bonchev–Trinajstić information content (AvgIpc) is 2.27. The summed E-state index contributed by atoms with van der Waals surface area (Å²) in [5.74, 6) is -0.122. The molecule has 0 heterocycles. The fourth-order valence-corrected chi connectivity index (χ4v) is 1.56. The largest absolute Gasteiger partial charge is 0.496 e. The summed E-state index contributed by atoms with van der Waals surface area (Å²) >= 11 is 0. The van der Waals surface area contributed by atoms with Crippen molar-refractivity contribution < 1.29 is 19.4 Å². The number of hydrogen-bond acceptors (Lipinski definition) is 3. The van der Waals surface area contributed by atoms with Crippen molar-refractivity contribution >= 4 is 5.97 Å². The highest BCUT2D eigenvalue weighted by atomic mass is 16.5. The zero-order valence-electron chi connectivity index (χ0n) is 11.1. The van der Waals surface area contributed by atoms with Crippen LogP contribution >= 0.6 is 0 Å². The summed E-state index contributed by atoms with van der Waals surface area (Å²) in [5.41, 5.74) is 2.01. The van der Waals surface area contributed by atoms with E-state index in [1.54, 1.807) is 13.0 Å². The molecule has 1 N–H and O–H groups in total. The first-order valence-electron chi connectivity index (χ1n) is 5.63. The Labute approximate surface area is 107 Å². The first kappa shape index (κ1) is 14.1. The molecule has 1 rings (SSSR count). The molecular weight excluding hydrogens is 232 g/mol. The van der Waals surface area contributed by atoms with Gasteiger partial charge in [0.25, 0.3) is 0 Å². The highest BCUT2D eigenvalue weighted by Crippen LogP contribution is 2.28. The molecule has 0 aliphatic rings. The van der Waals surface area contributed by atoms with E-state index in [0.717, 1.165) is 11.1 Å². The summed E-state index contributed by atoms with van der Waals surface area (Å²) in [5, 5.41) is 9.11. The van der Waals surface area contributed by atoms with Crippen LogP contribution in [-0.4, -0.2) is 24.8 Å². The SMILES string of the molecule is COc1c(C)cc(OCC=C(C)C)cc1C(=O)O. The predicted octanol–water partition coefficient (Wildman–Crippen LogP) is 3.05. The Balaban J connectivity index is 3.02. The normalized spacial score (nSPS) is 9.78. The minimum atomic E-state index is -1.03. The number of carboxylic acids is 1. The molecule has 0 saturated heterocycles. The number of benzene rings is 1. The quantitative estimate of drug-likeness (QED) is 0.816. The lowest BCUT2D eigenvalue weighted by atomic mass is 10.1. The number of aryl methyl sites for hydroxylation is 1. The summed E-state index contributed by atoms with van der Waals surface area (Å²) in [4.78, 5) is 11.1. The summed E-state index contributed by atoms with van der Waals surface area (Å²) < 4.78 is 10.6. The molecule has 18 heavy (non-hydrogen) atoms. The number of rotatable bonds is 5. The molecule has 4 nitrogen and oxygen atoms in total. The zero-order valence-corrected chi connectivity index (χ0v) is 11.1. The maximum atomic E-state index is 11.1. The van der Waals surface area contributed by atoms with Crippen LogP contribution in [0.15, 0.2) is 23.8 Å². The third kappa shape index (κ3) is 3.52. The lowest BCUT2D eigenvalue weighted by Crippen LogP contribution is -2.04. The lowest BCUT2D eigenvalue weighted by Gasteiger charge is -2.11. The summed E-state index contributed by atoms with van der Waals surface area (Å²) in [6, 6.07) is 3.25. The first-order valence-corrected chi connectivity index (χ1v) is 5.63. The number of methoxy groups -OCH3 is 1. The van der Waals surface area contributed by atoms with Gasteiger partial charge >= 0.3 is 5.97 Å². The molecular formula is C14H18O4. The summed E-state index contributed by atoms with van der Waals surface area (Å²) in [6.07, 6.45) is 1.93. The maximum Gasteiger partial charge on any atom is 0.339 e. The number of hydrogen-bond donors (Lipinski definition) is 1. The van der Waals surface area contributed by atoms with Crippen LogP contribution in [0.4, 0.5) is 0 Å². The second-order valence-electron chi connectivity index (χ2n) is 4.22. The highest BCUT2D eigenvalue weighted by Gasteiger charge is 2.15. The van der Waals surface area contributed by atoms with Gasteiger partial charge in [-0.2, -0.15) is 0 Å². The van der Waals surface area contributed by atoms with Crippen molar-refractivity contribution in [3.63, 3.8) is 0 Å². The van der Waals surface area contributed by atoms with Crippen LogP contribution < -0.4 is 9.47 Å². The second-order valence-corrected chi connectivity index (χ2v) is 4.22. The molecule has 98 valence electrons. The van der Waals surface area contributed by atoms with E-state index in [9.17, 15) is 4.79 Å². The number of ether oxygens (including phenoxy) is 2. The zero-order chi connectivity index (χ0) is 13.7. The molecule has 0 saturated carbocycles. The maximum absolute atomic E-state index is 11.1. The van der Waals surface area contributed by atoms with Gasteiger partial charge < -0.3 is 14.6 Å². The highest BCUT2D eigenvalue weighted by molar-refractivity contribution is 5.92. The molecule has 0 aliphatic carbocycles. The molecule has 1 aromatic carbocycles. The Morgan fingerprint density at radius 3 is 2.56 bits per heavy atom. The van der Waals surface area contributed by atoms with Gasteiger partial charge in [0.1, 0.15) is 23.7 Å². The number of allylic oxidation sites excluding steroid dienone is 1. The van der Waals surface area contributed by atoms with Crippen molar-refractivity contribution in [1.29, 1.82) is 0 Å². The minimum Gasteiger partial charge on any atom is -0.496 e. The molecule has 1 aromatic rings. The van der Waals surface area contributed by atoms with Gasteiger partial charge in [-0.1, -0.05) is 5.57 Å². The monoisotopic (exact) mass is 250 g/mol. The van der Waals surface area contributed by atoms with Gasteiger partial charge in [0.05, 0.1) is 7.11 Å². The molecule has 0 aromatic heterocycles. The van der Waals surface area contributed by atoms with Gasteiger partial charge in [-0.05, 0) is 44.5 Å². The van der Waals surface area contributed by atoms with Gasteiger partial charge in [-0.25, -0.2) is 4.79 Å². The van der Waals surface area contributed by atoms with E-state index >= 15 is 0 Å². The van der Waals surface area contributed by atoms with Gasteiger partial charge in [0, 0.05) is 0 Å². The number of aromatic carboxylic acids is 1. The molecule has 0 fully saturated rings. The van der Waals surface area contributed by atoms with Crippen molar-refractivity contribution in [1.82, 2.24) is 0 Å². The Morgan fingerprint density at radius 1 is 1.39 bits per heavy atom. The third-order valence-corrected chi connectivity index (χ3v) is 2.42. The van der Waals surface area contributed by atoms with E-state index in [-0.39, 0.29) is 5.56 Å². The summed E-state index contributed by atoms with van der Waals surface area (Å²) in [7, 11) is 1.46. The smallest absolute Gasteiger partial charge is 0.339 e. The van der Waals surface area contributed by atoms with E-state index < -0.39 is 5.97 Å². The van der Waals surface area contributed by atoms with Crippen molar-refractivity contribution in [2.45, 2.75) is 20.8 Å². The molecule has 0 spiro atoms. The van der Waals surface area contributed by atoms with Crippen molar-refractivity contribution in [3.05, 3.63) is 34.9 Å². The standard InChI is InChI=1S/C14H18O4/c1-9(2)5-6-18-11-7-10(3)13(17-4)12(8-11)14(15)16/h5,7-8H,6H2,1-4H3,(H,15,16). The van der Waals surface area contributed by atoms with E-state index in [4.69, 9.17) is 14.6 Å². The van der Waals surface area contributed by atoms with Crippen LogP contribution in [0.2, 0.25) is 0 Å². The molecule has 0 atom stereocenters. The first-order chi connectivity index (χ1) is 8.45. The van der Waals surface area contributed by atoms with Gasteiger partial charge in [0.15, 0.2) is 0 Å². The Kier molecular flexibility index (Phi) is 4.77. The Hall–Kier alpha value is -1.97. The Morgan fingerprint density at radius 2 is 2.06 bits per heavy atom. The molecule has 0 aliphatic heterocycles. The molecule has 0 radical (unpaired) electrons. The lowest BCUT2D eigenvalue weighted by molar-refractivity contribution is 0.0692. The second kappa shape index (κ2) is 6.10. The van der Waals surface area contributed by atoms with Crippen LogP contribution in [0.5, 0.6) is 11.5 Å². The molecule has 4 heteroatoms. The van der Waals surface area contributed by atoms with Crippen LogP contribution in [0.1, 0.15) is 29.8 Å². The summed E-state index contributed by atoms with van der Waals surface area (Å²) in [6.45, 7) is 6.17. The molecule has 0 bridgehead atoms. The Bertz CT molecular complexity index is 471. The van der Waals surface area contributed by atoms with Gasteiger partial charge in [-0.3, -0.25) is 0 Å². The van der Waals surface area contributed by atoms with Crippen molar-refractivity contribution in [2.24, 2.45) is 0 Å². The van der Waals surface area contributed by atoms with Crippen molar-refractivity contribution in [2.75, 3.05) is 13.7 Å². The van der Waals surface area contributed by atoms with Crippen LogP contribution in [0, 0.1) is 6.92 Å².